The zero-order valence-electron chi connectivity index (χ0n) is 10.4. The van der Waals surface area contributed by atoms with Crippen LogP contribution in [-0.2, 0) is 11.2 Å². The second kappa shape index (κ2) is 6.14. The highest BCUT2D eigenvalue weighted by Gasteiger charge is 2.12. The van der Waals surface area contributed by atoms with Crippen LogP contribution in [0.1, 0.15) is 16.1 Å². The van der Waals surface area contributed by atoms with Gasteiger partial charge in [-0.15, -0.1) is 11.3 Å². The van der Waals surface area contributed by atoms with E-state index < -0.39 is 5.97 Å². The summed E-state index contributed by atoms with van der Waals surface area (Å²) in [6.45, 7) is 0.652. The Morgan fingerprint density at radius 3 is 3.05 bits per heavy atom. The van der Waals surface area contributed by atoms with E-state index in [4.69, 9.17) is 10.5 Å². The fraction of sp³-hybridized carbons (Fsp3) is 0.250. The topological polar surface area (TPSA) is 90.1 Å². The van der Waals surface area contributed by atoms with Crippen molar-refractivity contribution in [3.8, 4) is 0 Å². The Labute approximate surface area is 114 Å². The van der Waals surface area contributed by atoms with E-state index in [1.54, 1.807) is 16.8 Å². The number of nitrogens with zero attached hydrogens (tertiary/aromatic N) is 2. The molecule has 2 heterocycles. The van der Waals surface area contributed by atoms with Gasteiger partial charge in [-0.25, -0.2) is 14.8 Å². The van der Waals surface area contributed by atoms with Gasteiger partial charge in [-0.1, -0.05) is 0 Å². The Morgan fingerprint density at radius 1 is 1.53 bits per heavy atom. The van der Waals surface area contributed by atoms with E-state index in [2.05, 4.69) is 15.3 Å². The van der Waals surface area contributed by atoms with Crippen LogP contribution < -0.4 is 11.1 Å². The number of ether oxygens (including phenoxy) is 1. The van der Waals surface area contributed by atoms with Gasteiger partial charge in [0, 0.05) is 18.3 Å². The second-order valence-electron chi connectivity index (χ2n) is 3.80. The number of methoxy groups -OCH3 is 1. The summed E-state index contributed by atoms with van der Waals surface area (Å²) in [6, 6.07) is 1.50. The number of pyridine rings is 1. The van der Waals surface area contributed by atoms with Gasteiger partial charge in [0.1, 0.15) is 5.82 Å². The van der Waals surface area contributed by atoms with E-state index in [9.17, 15) is 4.79 Å². The number of nitrogens with one attached hydrogen (secondary N) is 1. The number of hydrogen-bond donors (Lipinski definition) is 2. The summed E-state index contributed by atoms with van der Waals surface area (Å²) in [5.41, 5.74) is 9.37. The van der Waals surface area contributed by atoms with Crippen molar-refractivity contribution in [1.29, 1.82) is 0 Å². The molecule has 0 fully saturated rings. The number of esters is 1. The minimum atomic E-state index is -0.440. The number of anilines is 2. The molecule has 0 saturated heterocycles. The highest BCUT2D eigenvalue weighted by molar-refractivity contribution is 7.07. The molecule has 19 heavy (non-hydrogen) atoms. The zero-order valence-corrected chi connectivity index (χ0v) is 11.2. The monoisotopic (exact) mass is 278 g/mol. The standard InChI is InChI=1S/C12H14N4O2S/c1-18-12(17)9-4-11(13)15-5-10(9)14-3-2-8-6-19-7-16-8/h4-7,14H,2-3H2,1H3,(H2,13,15). The number of hydrogen-bond acceptors (Lipinski definition) is 7. The SMILES string of the molecule is COC(=O)c1cc(N)ncc1NCCc1cscn1. The maximum Gasteiger partial charge on any atom is 0.340 e. The summed E-state index contributed by atoms with van der Waals surface area (Å²) < 4.78 is 4.71. The van der Waals surface area contributed by atoms with E-state index in [1.165, 1.54) is 19.4 Å². The predicted octanol–water partition coefficient (Wildman–Crippen LogP) is 1.56. The number of nitrogens with two attached hydrogens (primary N) is 1. The van der Waals surface area contributed by atoms with Crippen molar-refractivity contribution in [2.24, 2.45) is 0 Å². The Bertz CT molecular complexity index is 557. The molecule has 100 valence electrons. The van der Waals surface area contributed by atoms with Crippen LogP contribution in [0.5, 0.6) is 0 Å². The van der Waals surface area contributed by atoms with Gasteiger partial charge < -0.3 is 15.8 Å². The Balaban J connectivity index is 2.04. The molecule has 0 unspecified atom stereocenters. The predicted molar refractivity (Wildman–Crippen MR) is 74.3 cm³/mol. The van der Waals surface area contributed by atoms with E-state index in [-0.39, 0.29) is 5.82 Å². The first-order valence-electron chi connectivity index (χ1n) is 5.65. The highest BCUT2D eigenvalue weighted by atomic mass is 32.1. The molecule has 0 radical (unpaired) electrons. The molecule has 0 spiro atoms. The van der Waals surface area contributed by atoms with Gasteiger partial charge in [0.15, 0.2) is 0 Å². The quantitative estimate of drug-likeness (QED) is 0.807. The molecule has 0 aliphatic heterocycles. The molecule has 0 atom stereocenters. The fourth-order valence-corrected chi connectivity index (χ4v) is 2.17. The summed E-state index contributed by atoms with van der Waals surface area (Å²) in [5.74, 6) is -0.157. The van der Waals surface area contributed by atoms with E-state index in [0.717, 1.165) is 12.1 Å². The molecule has 0 saturated carbocycles. The van der Waals surface area contributed by atoms with Crippen LogP contribution in [-0.4, -0.2) is 29.6 Å². The molecule has 0 bridgehead atoms. The number of thiazole rings is 1. The summed E-state index contributed by atoms with van der Waals surface area (Å²) >= 11 is 1.56. The van der Waals surface area contributed by atoms with Crippen LogP contribution in [0.3, 0.4) is 0 Å². The van der Waals surface area contributed by atoms with Crippen molar-refractivity contribution >= 4 is 28.8 Å². The van der Waals surface area contributed by atoms with Gasteiger partial charge in [0.05, 0.1) is 35.8 Å². The van der Waals surface area contributed by atoms with Crippen molar-refractivity contribution in [2.45, 2.75) is 6.42 Å². The van der Waals surface area contributed by atoms with Gasteiger partial charge >= 0.3 is 5.97 Å². The molecular formula is C12H14N4O2S. The third-order valence-electron chi connectivity index (χ3n) is 2.51. The molecule has 7 heteroatoms. The number of aromatic nitrogens is 2. The van der Waals surface area contributed by atoms with Crippen LogP contribution in [0.4, 0.5) is 11.5 Å². The maximum absolute atomic E-state index is 11.6. The van der Waals surface area contributed by atoms with Gasteiger partial charge in [-0.3, -0.25) is 0 Å². The Morgan fingerprint density at radius 2 is 2.37 bits per heavy atom. The minimum absolute atomic E-state index is 0.283. The van der Waals surface area contributed by atoms with Gasteiger partial charge in [0.2, 0.25) is 0 Å². The van der Waals surface area contributed by atoms with Crippen LogP contribution in [0.2, 0.25) is 0 Å². The van der Waals surface area contributed by atoms with Crippen molar-refractivity contribution in [2.75, 3.05) is 24.7 Å². The first kappa shape index (κ1) is 13.3. The van der Waals surface area contributed by atoms with Gasteiger partial charge in [-0.05, 0) is 6.07 Å². The average Bonchev–Trinajstić information content (AvgIpc) is 2.92. The lowest BCUT2D eigenvalue weighted by Crippen LogP contribution is -2.12. The first-order valence-corrected chi connectivity index (χ1v) is 6.59. The molecule has 3 N–H and O–H groups in total. The van der Waals surface area contributed by atoms with Crippen molar-refractivity contribution in [1.82, 2.24) is 9.97 Å². The number of rotatable bonds is 5. The van der Waals surface area contributed by atoms with E-state index >= 15 is 0 Å². The molecule has 0 aliphatic carbocycles. The summed E-state index contributed by atoms with van der Waals surface area (Å²) in [7, 11) is 1.33. The molecular weight excluding hydrogens is 264 g/mol. The first-order chi connectivity index (χ1) is 9.20. The Hall–Kier alpha value is -2.15. The molecule has 0 aliphatic rings. The molecule has 2 aromatic rings. The summed E-state index contributed by atoms with van der Waals surface area (Å²) in [5, 5.41) is 5.13. The van der Waals surface area contributed by atoms with Crippen LogP contribution >= 0.6 is 11.3 Å². The lowest BCUT2D eigenvalue weighted by molar-refractivity contribution is 0.0602. The normalized spacial score (nSPS) is 10.2. The summed E-state index contributed by atoms with van der Waals surface area (Å²) in [4.78, 5) is 19.8. The average molecular weight is 278 g/mol. The molecule has 0 aromatic carbocycles. The maximum atomic E-state index is 11.6. The van der Waals surface area contributed by atoms with Crippen LogP contribution in [0.25, 0.3) is 0 Å². The molecule has 2 rings (SSSR count). The van der Waals surface area contributed by atoms with E-state index in [0.29, 0.717) is 17.8 Å². The third-order valence-corrected chi connectivity index (χ3v) is 3.15. The molecule has 6 nitrogen and oxygen atoms in total. The van der Waals surface area contributed by atoms with Crippen molar-refractivity contribution in [3.63, 3.8) is 0 Å². The molecule has 0 amide bonds. The van der Waals surface area contributed by atoms with Crippen LogP contribution in [0, 0.1) is 0 Å². The number of carbonyl (C=O) groups excluding carboxylic acids is 1. The zero-order chi connectivity index (χ0) is 13.7. The lowest BCUT2D eigenvalue weighted by atomic mass is 10.2. The fourth-order valence-electron chi connectivity index (χ4n) is 1.58. The Kier molecular flexibility index (Phi) is 4.30. The highest BCUT2D eigenvalue weighted by Crippen LogP contribution is 2.17. The van der Waals surface area contributed by atoms with Gasteiger partial charge in [-0.2, -0.15) is 0 Å². The largest absolute Gasteiger partial charge is 0.465 e. The summed E-state index contributed by atoms with van der Waals surface area (Å²) in [6.07, 6.45) is 2.30. The van der Waals surface area contributed by atoms with Crippen LogP contribution in [0.15, 0.2) is 23.2 Å². The molecule has 2 aromatic heterocycles. The second-order valence-corrected chi connectivity index (χ2v) is 4.52. The number of carbonyl (C=O) groups is 1. The lowest BCUT2D eigenvalue weighted by Gasteiger charge is -2.10. The minimum Gasteiger partial charge on any atom is -0.465 e. The van der Waals surface area contributed by atoms with Gasteiger partial charge in [0.25, 0.3) is 0 Å². The van der Waals surface area contributed by atoms with Crippen molar-refractivity contribution < 1.29 is 9.53 Å². The van der Waals surface area contributed by atoms with E-state index in [1.807, 2.05) is 5.38 Å². The van der Waals surface area contributed by atoms with Crippen molar-refractivity contribution in [3.05, 3.63) is 34.4 Å². The third kappa shape index (κ3) is 3.41. The number of nitrogen functional groups attached to an aromatic ring is 1. The smallest absolute Gasteiger partial charge is 0.340 e.